The van der Waals surface area contributed by atoms with Crippen molar-refractivity contribution in [2.45, 2.75) is 41.7 Å². The molecule has 1 aliphatic heterocycles. The molecule has 3 aromatic rings. The minimum atomic E-state index is -3.50. The first-order chi connectivity index (χ1) is 15.4. The molecule has 10 heteroatoms. The highest BCUT2D eigenvalue weighted by Crippen LogP contribution is 2.27. The smallest absolute Gasteiger partial charge is 0.256 e. The molecule has 0 unspecified atom stereocenters. The molecular formula is C22H24N4O4S2. The lowest BCUT2D eigenvalue weighted by molar-refractivity contribution is 0.102. The summed E-state index contributed by atoms with van der Waals surface area (Å²) in [5.41, 5.74) is 1.05. The van der Waals surface area contributed by atoms with E-state index in [1.54, 1.807) is 43.3 Å². The number of rotatable bonds is 7. The molecule has 1 amide bonds. The molecule has 4 rings (SSSR count). The normalized spacial score (nSPS) is 14.9. The van der Waals surface area contributed by atoms with E-state index in [2.05, 4.69) is 15.5 Å². The second kappa shape index (κ2) is 9.85. The van der Waals surface area contributed by atoms with Crippen molar-refractivity contribution >= 4 is 33.4 Å². The number of hydrogen-bond acceptors (Lipinski definition) is 7. The highest BCUT2D eigenvalue weighted by atomic mass is 32.2. The van der Waals surface area contributed by atoms with Gasteiger partial charge in [0.2, 0.25) is 15.9 Å². The van der Waals surface area contributed by atoms with Gasteiger partial charge in [-0.05, 0) is 49.2 Å². The molecule has 1 N–H and O–H groups in total. The minimum Gasteiger partial charge on any atom is -0.340 e. The van der Waals surface area contributed by atoms with Crippen LogP contribution in [-0.4, -0.2) is 41.9 Å². The van der Waals surface area contributed by atoms with Crippen molar-refractivity contribution in [3.05, 3.63) is 65.8 Å². The Bertz CT molecular complexity index is 1190. The van der Waals surface area contributed by atoms with Crippen molar-refractivity contribution in [3.63, 3.8) is 0 Å². The summed E-state index contributed by atoms with van der Waals surface area (Å²) in [6.07, 6.45) is 2.83. The van der Waals surface area contributed by atoms with Crippen LogP contribution in [0.1, 0.15) is 41.3 Å². The molecule has 0 saturated carbocycles. The fraction of sp³-hybridized carbons (Fsp3) is 0.318. The van der Waals surface area contributed by atoms with Gasteiger partial charge in [0.1, 0.15) is 0 Å². The summed E-state index contributed by atoms with van der Waals surface area (Å²) < 4.78 is 32.1. The van der Waals surface area contributed by atoms with E-state index in [4.69, 9.17) is 4.52 Å². The van der Waals surface area contributed by atoms with Gasteiger partial charge >= 0.3 is 0 Å². The van der Waals surface area contributed by atoms with Gasteiger partial charge in [-0.1, -0.05) is 23.7 Å². The second-order valence-electron chi connectivity index (χ2n) is 7.46. The Kier molecular flexibility index (Phi) is 6.92. The fourth-order valence-corrected chi connectivity index (χ4v) is 5.90. The maximum Gasteiger partial charge on any atom is 0.256 e. The Morgan fingerprint density at radius 3 is 2.50 bits per heavy atom. The Hall–Kier alpha value is -2.69. The number of thioether (sulfide) groups is 1. The zero-order valence-corrected chi connectivity index (χ0v) is 19.3. The van der Waals surface area contributed by atoms with E-state index in [-0.39, 0.29) is 10.8 Å². The molecule has 1 fully saturated rings. The molecule has 0 bridgehead atoms. The van der Waals surface area contributed by atoms with Crippen molar-refractivity contribution in [2.75, 3.05) is 18.4 Å². The number of hydrogen-bond donors (Lipinski definition) is 1. The summed E-state index contributed by atoms with van der Waals surface area (Å²) in [5.74, 6) is 1.26. The van der Waals surface area contributed by atoms with E-state index < -0.39 is 10.0 Å². The Morgan fingerprint density at radius 1 is 1.09 bits per heavy atom. The first kappa shape index (κ1) is 22.5. The predicted octanol–water partition coefficient (Wildman–Crippen LogP) is 4.10. The lowest BCUT2D eigenvalue weighted by Crippen LogP contribution is -2.35. The summed E-state index contributed by atoms with van der Waals surface area (Å²) in [6.45, 7) is 2.84. The van der Waals surface area contributed by atoms with Gasteiger partial charge < -0.3 is 9.84 Å². The van der Waals surface area contributed by atoms with E-state index in [1.807, 2.05) is 12.1 Å². The van der Waals surface area contributed by atoms with E-state index >= 15 is 0 Å². The number of piperidine rings is 1. The van der Waals surface area contributed by atoms with Gasteiger partial charge in [0.15, 0.2) is 5.82 Å². The Morgan fingerprint density at radius 2 is 1.81 bits per heavy atom. The van der Waals surface area contributed by atoms with Crippen LogP contribution in [0.2, 0.25) is 0 Å². The molecule has 2 heterocycles. The molecule has 0 spiro atoms. The largest absolute Gasteiger partial charge is 0.340 e. The van der Waals surface area contributed by atoms with Crippen molar-refractivity contribution in [3.8, 4) is 0 Å². The molecule has 1 saturated heterocycles. The van der Waals surface area contributed by atoms with Crippen LogP contribution in [0, 0.1) is 6.92 Å². The van der Waals surface area contributed by atoms with Gasteiger partial charge in [-0.15, -0.1) is 11.8 Å². The zero-order valence-electron chi connectivity index (χ0n) is 17.7. The van der Waals surface area contributed by atoms with Crippen LogP contribution < -0.4 is 5.32 Å². The molecule has 168 valence electrons. The fourth-order valence-electron chi connectivity index (χ4n) is 3.49. The van der Waals surface area contributed by atoms with Gasteiger partial charge in [0.25, 0.3) is 5.91 Å². The molecule has 8 nitrogen and oxygen atoms in total. The van der Waals surface area contributed by atoms with E-state index in [1.165, 1.54) is 16.1 Å². The third-order valence-electron chi connectivity index (χ3n) is 5.12. The second-order valence-corrected chi connectivity index (χ2v) is 10.4. The van der Waals surface area contributed by atoms with Gasteiger partial charge in [-0.2, -0.15) is 9.29 Å². The van der Waals surface area contributed by atoms with Crippen LogP contribution in [-0.2, 0) is 15.8 Å². The van der Waals surface area contributed by atoms with Crippen molar-refractivity contribution in [1.82, 2.24) is 14.4 Å². The topological polar surface area (TPSA) is 105 Å². The predicted molar refractivity (Wildman–Crippen MR) is 122 cm³/mol. The number of nitrogens with one attached hydrogen (secondary N) is 1. The number of benzene rings is 2. The van der Waals surface area contributed by atoms with Crippen LogP contribution in [0.4, 0.5) is 5.69 Å². The lowest BCUT2D eigenvalue weighted by atomic mass is 10.2. The lowest BCUT2D eigenvalue weighted by Gasteiger charge is -2.25. The molecule has 2 aromatic carbocycles. The number of amides is 1. The summed E-state index contributed by atoms with van der Waals surface area (Å²) in [4.78, 5) is 18.1. The highest BCUT2D eigenvalue weighted by molar-refractivity contribution is 7.98. The molecule has 1 aliphatic rings. The first-order valence-corrected chi connectivity index (χ1v) is 12.8. The number of aryl methyl sites for hydroxylation is 1. The summed E-state index contributed by atoms with van der Waals surface area (Å²) in [7, 11) is -3.50. The van der Waals surface area contributed by atoms with Gasteiger partial charge in [-0.3, -0.25) is 4.79 Å². The van der Waals surface area contributed by atoms with Gasteiger partial charge in [0.05, 0.1) is 16.2 Å². The number of carbonyl (C=O) groups is 1. The summed E-state index contributed by atoms with van der Waals surface area (Å²) in [5, 5.41) is 6.72. The average molecular weight is 473 g/mol. The van der Waals surface area contributed by atoms with Crippen LogP contribution in [0.5, 0.6) is 0 Å². The molecular weight excluding hydrogens is 448 g/mol. The van der Waals surface area contributed by atoms with Crippen LogP contribution >= 0.6 is 11.8 Å². The molecule has 0 aliphatic carbocycles. The van der Waals surface area contributed by atoms with Crippen molar-refractivity contribution in [2.24, 2.45) is 0 Å². The maximum absolute atomic E-state index is 12.9. The number of sulfonamides is 1. The highest BCUT2D eigenvalue weighted by Gasteiger charge is 2.25. The zero-order chi connectivity index (χ0) is 22.6. The monoisotopic (exact) mass is 472 g/mol. The van der Waals surface area contributed by atoms with Crippen molar-refractivity contribution < 1.29 is 17.7 Å². The third kappa shape index (κ3) is 5.20. The molecule has 0 radical (unpaired) electrons. The standard InChI is InChI=1S/C22H24N4O4S2/c1-16-23-21(25-30-16)15-31-20-8-4-3-7-19(20)22(27)24-17-9-11-18(12-10-17)32(28,29)26-13-5-2-6-14-26/h3-4,7-12H,2,5-6,13-15H2,1H3,(H,24,27). The molecule has 32 heavy (non-hydrogen) atoms. The number of nitrogens with zero attached hydrogens (tertiary/aromatic N) is 3. The Balaban J connectivity index is 1.44. The maximum atomic E-state index is 12.9. The molecule has 1 aromatic heterocycles. The minimum absolute atomic E-state index is 0.240. The number of aromatic nitrogens is 2. The van der Waals surface area contributed by atoms with E-state index in [0.717, 1.165) is 24.2 Å². The average Bonchev–Trinajstić information content (AvgIpc) is 3.24. The van der Waals surface area contributed by atoms with E-state index in [0.29, 0.717) is 41.8 Å². The number of anilines is 1. The Labute approximate surface area is 191 Å². The number of carbonyl (C=O) groups excluding carboxylic acids is 1. The SMILES string of the molecule is Cc1nc(CSc2ccccc2C(=O)Nc2ccc(S(=O)(=O)N3CCCCC3)cc2)no1. The van der Waals surface area contributed by atoms with Crippen LogP contribution in [0.15, 0.2) is 62.8 Å². The van der Waals surface area contributed by atoms with E-state index in [9.17, 15) is 13.2 Å². The first-order valence-electron chi connectivity index (χ1n) is 10.4. The van der Waals surface area contributed by atoms with Crippen LogP contribution in [0.25, 0.3) is 0 Å². The quantitative estimate of drug-likeness (QED) is 0.516. The summed E-state index contributed by atoms with van der Waals surface area (Å²) in [6, 6.07) is 13.6. The van der Waals surface area contributed by atoms with Crippen LogP contribution in [0.3, 0.4) is 0 Å². The van der Waals surface area contributed by atoms with Gasteiger partial charge in [-0.25, -0.2) is 8.42 Å². The third-order valence-corrected chi connectivity index (χ3v) is 8.11. The molecule has 0 atom stereocenters. The summed E-state index contributed by atoms with van der Waals surface area (Å²) >= 11 is 1.44. The van der Waals surface area contributed by atoms with Gasteiger partial charge in [0, 0.05) is 30.6 Å². The van der Waals surface area contributed by atoms with Crippen molar-refractivity contribution in [1.29, 1.82) is 0 Å².